The van der Waals surface area contributed by atoms with Crippen molar-refractivity contribution in [2.75, 3.05) is 25.7 Å². The van der Waals surface area contributed by atoms with E-state index in [-0.39, 0.29) is 24.7 Å². The second-order valence-corrected chi connectivity index (χ2v) is 11.3. The fraction of sp³-hybridized carbons (Fsp3) is 1.00. The maximum atomic E-state index is 2.46. The number of hydrogen-bond acceptors (Lipinski definition) is 0. The third kappa shape index (κ3) is 9.89. The zero-order chi connectivity index (χ0) is 10.6. The summed E-state index contributed by atoms with van der Waals surface area (Å²) < 4.78 is 0. The van der Waals surface area contributed by atoms with E-state index in [1.807, 2.05) is 0 Å². The Morgan fingerprint density at radius 1 is 0.933 bits per heavy atom. The SMILES string of the molecule is CC(C)[P@@](C)CC[P@](C)C(C)(C)C.[B].[B]. The highest BCUT2D eigenvalue weighted by atomic mass is 31.1. The summed E-state index contributed by atoms with van der Waals surface area (Å²) in [5, 5.41) is 0.558. The monoisotopic (exact) mass is 242 g/mol. The standard InChI is InChI=1S/C11H26P2.2B/c1-10(2)12(6)8-9-13(7)11(3,4)5;;/h10H,8-9H2,1-7H3;;/t12-,13-;;/m0../s1. The molecule has 0 nitrogen and oxygen atoms in total. The van der Waals surface area contributed by atoms with Gasteiger partial charge in [-0.1, -0.05) is 34.6 Å². The van der Waals surface area contributed by atoms with Crippen molar-refractivity contribution in [1.29, 1.82) is 0 Å². The van der Waals surface area contributed by atoms with Crippen LogP contribution in [0.3, 0.4) is 0 Å². The molecule has 0 saturated heterocycles. The van der Waals surface area contributed by atoms with E-state index in [9.17, 15) is 0 Å². The van der Waals surface area contributed by atoms with Gasteiger partial charge in [-0.15, -0.1) is 15.8 Å². The van der Waals surface area contributed by atoms with E-state index in [0.29, 0.717) is 13.1 Å². The van der Waals surface area contributed by atoms with Crippen molar-refractivity contribution >= 4 is 32.7 Å². The Bertz CT molecular complexity index is 144. The fourth-order valence-electron chi connectivity index (χ4n) is 0.901. The lowest BCUT2D eigenvalue weighted by atomic mass is 10.3. The maximum absolute atomic E-state index is 2.46. The Morgan fingerprint density at radius 3 is 1.60 bits per heavy atom. The normalized spacial score (nSPS) is 15.2. The molecular formula is C11H26B2P2. The zero-order valence-corrected chi connectivity index (χ0v) is 13.3. The molecule has 0 heterocycles. The van der Waals surface area contributed by atoms with Crippen LogP contribution in [-0.2, 0) is 0 Å². The summed E-state index contributed by atoms with van der Waals surface area (Å²) in [5.41, 5.74) is 0.915. The second kappa shape index (κ2) is 9.07. The molecule has 15 heavy (non-hydrogen) atoms. The first-order chi connectivity index (χ1) is 5.75. The summed E-state index contributed by atoms with van der Waals surface area (Å²) in [6.45, 7) is 16.8. The van der Waals surface area contributed by atoms with E-state index in [1.54, 1.807) is 0 Å². The van der Waals surface area contributed by atoms with Crippen LogP contribution in [0.5, 0.6) is 0 Å². The Kier molecular flexibility index (Phi) is 12.9. The van der Waals surface area contributed by atoms with Crippen LogP contribution >= 0.6 is 15.8 Å². The van der Waals surface area contributed by atoms with Crippen molar-refractivity contribution in [2.45, 2.75) is 45.4 Å². The van der Waals surface area contributed by atoms with E-state index in [2.05, 4.69) is 47.9 Å². The van der Waals surface area contributed by atoms with Gasteiger partial charge in [-0.25, -0.2) is 0 Å². The molecule has 86 valence electrons. The number of rotatable bonds is 4. The molecule has 0 aliphatic heterocycles. The molecule has 0 amide bonds. The first-order valence-electron chi connectivity index (χ1n) is 5.16. The molecule has 6 radical (unpaired) electrons. The van der Waals surface area contributed by atoms with Crippen LogP contribution in [0.4, 0.5) is 0 Å². The van der Waals surface area contributed by atoms with Crippen molar-refractivity contribution in [3.63, 3.8) is 0 Å². The van der Waals surface area contributed by atoms with Crippen LogP contribution in [0.25, 0.3) is 0 Å². The molecule has 0 bridgehead atoms. The molecule has 0 aliphatic rings. The summed E-state index contributed by atoms with van der Waals surface area (Å²) >= 11 is 0. The lowest BCUT2D eigenvalue weighted by Gasteiger charge is -2.29. The molecule has 0 N–H and O–H groups in total. The molecule has 0 aliphatic carbocycles. The highest BCUT2D eigenvalue weighted by molar-refractivity contribution is 7.62. The Hall–Kier alpha value is 0.990. The predicted octanol–water partition coefficient (Wildman–Crippen LogP) is 3.66. The molecule has 0 unspecified atom stereocenters. The van der Waals surface area contributed by atoms with Crippen molar-refractivity contribution < 1.29 is 0 Å². The highest BCUT2D eigenvalue weighted by Gasteiger charge is 2.19. The van der Waals surface area contributed by atoms with Gasteiger partial charge in [-0.3, -0.25) is 0 Å². The molecule has 0 aromatic heterocycles. The predicted molar refractivity (Wildman–Crippen MR) is 81.8 cm³/mol. The van der Waals surface area contributed by atoms with Gasteiger partial charge in [0, 0.05) is 16.8 Å². The first kappa shape index (κ1) is 21.3. The van der Waals surface area contributed by atoms with Crippen molar-refractivity contribution in [1.82, 2.24) is 0 Å². The Balaban J connectivity index is -0.000000720. The van der Waals surface area contributed by atoms with Crippen molar-refractivity contribution in [2.24, 2.45) is 0 Å². The van der Waals surface area contributed by atoms with E-state index < -0.39 is 0 Å². The molecule has 0 aromatic rings. The Morgan fingerprint density at radius 2 is 1.33 bits per heavy atom. The van der Waals surface area contributed by atoms with E-state index in [0.717, 1.165) is 5.66 Å². The molecule has 0 saturated carbocycles. The molecular weight excluding hydrogens is 216 g/mol. The lowest BCUT2D eigenvalue weighted by molar-refractivity contribution is 0.784. The summed E-state index contributed by atoms with van der Waals surface area (Å²) in [4.78, 5) is 0. The van der Waals surface area contributed by atoms with Gasteiger partial charge in [0.05, 0.1) is 0 Å². The quantitative estimate of drug-likeness (QED) is 0.521. The average molecular weight is 242 g/mol. The molecule has 0 spiro atoms. The zero-order valence-electron chi connectivity index (χ0n) is 11.5. The fourth-order valence-corrected chi connectivity index (χ4v) is 4.55. The Labute approximate surface area is 104 Å². The minimum atomic E-state index is 0. The summed E-state index contributed by atoms with van der Waals surface area (Å²) in [6, 6.07) is 0. The minimum absolute atomic E-state index is 0. The van der Waals surface area contributed by atoms with Crippen molar-refractivity contribution in [3.8, 4) is 0 Å². The van der Waals surface area contributed by atoms with Crippen LogP contribution in [0.2, 0.25) is 0 Å². The van der Waals surface area contributed by atoms with Gasteiger partial charge in [0.15, 0.2) is 0 Å². The van der Waals surface area contributed by atoms with Gasteiger partial charge in [-0.2, -0.15) is 0 Å². The molecule has 2 atom stereocenters. The topological polar surface area (TPSA) is 0 Å². The lowest BCUT2D eigenvalue weighted by Crippen LogP contribution is -2.14. The molecule has 0 rings (SSSR count). The smallest absolute Gasteiger partial charge is 0 e. The molecule has 0 aromatic carbocycles. The maximum Gasteiger partial charge on any atom is 0 e. The van der Waals surface area contributed by atoms with Gasteiger partial charge in [-0.05, 0) is 36.5 Å². The van der Waals surface area contributed by atoms with Crippen LogP contribution in [0, 0.1) is 0 Å². The highest BCUT2D eigenvalue weighted by Crippen LogP contribution is 2.49. The summed E-state index contributed by atoms with van der Waals surface area (Å²) in [7, 11) is 0.534. The van der Waals surface area contributed by atoms with Gasteiger partial charge in [0.2, 0.25) is 0 Å². The third-order valence-corrected chi connectivity index (χ3v) is 9.04. The van der Waals surface area contributed by atoms with Gasteiger partial charge >= 0.3 is 0 Å². The van der Waals surface area contributed by atoms with Crippen LogP contribution < -0.4 is 0 Å². The van der Waals surface area contributed by atoms with Gasteiger partial charge in [0.1, 0.15) is 0 Å². The molecule has 4 heteroatoms. The minimum Gasteiger partial charge on any atom is -0.107 e. The van der Waals surface area contributed by atoms with Gasteiger partial charge in [0.25, 0.3) is 0 Å². The second-order valence-electron chi connectivity index (χ2n) is 5.17. The molecule has 0 fully saturated rings. The van der Waals surface area contributed by atoms with E-state index >= 15 is 0 Å². The summed E-state index contributed by atoms with van der Waals surface area (Å²) in [5.74, 6) is 0. The largest absolute Gasteiger partial charge is 0.107 e. The third-order valence-electron chi connectivity index (χ3n) is 2.81. The van der Waals surface area contributed by atoms with Crippen molar-refractivity contribution in [3.05, 3.63) is 0 Å². The van der Waals surface area contributed by atoms with E-state index in [1.165, 1.54) is 12.3 Å². The average Bonchev–Trinajstić information content (AvgIpc) is 1.97. The van der Waals surface area contributed by atoms with Crippen LogP contribution in [-0.4, -0.2) is 53.3 Å². The van der Waals surface area contributed by atoms with Gasteiger partial charge < -0.3 is 0 Å². The summed E-state index contributed by atoms with van der Waals surface area (Å²) in [6.07, 6.45) is 2.95. The number of hydrogen-bond donors (Lipinski definition) is 0. The van der Waals surface area contributed by atoms with Crippen LogP contribution in [0.1, 0.15) is 34.6 Å². The first-order valence-corrected chi connectivity index (χ1v) is 9.18. The van der Waals surface area contributed by atoms with Crippen LogP contribution in [0.15, 0.2) is 0 Å². The van der Waals surface area contributed by atoms with E-state index in [4.69, 9.17) is 0 Å².